The van der Waals surface area contributed by atoms with Gasteiger partial charge in [0.15, 0.2) is 17.0 Å². The van der Waals surface area contributed by atoms with Gasteiger partial charge in [0.05, 0.1) is 16.6 Å². The molecule has 0 radical (unpaired) electrons. The van der Waals surface area contributed by atoms with Gasteiger partial charge in [-0.15, -0.1) is 13.2 Å². The number of alkyl halides is 3. The SMILES string of the molecule is CC(C)n1nc(-c2ccc3c(C(=O)Nc4cc(OC(F)(F)F)ccc4F)coc3c2F)c2c(N)ncnc21. The van der Waals surface area contributed by atoms with Crippen LogP contribution in [0.3, 0.4) is 0 Å². The molecule has 0 spiro atoms. The zero-order valence-corrected chi connectivity index (χ0v) is 19.6. The third-order valence-electron chi connectivity index (χ3n) is 5.61. The number of benzene rings is 2. The van der Waals surface area contributed by atoms with Gasteiger partial charge in [-0.05, 0) is 38.1 Å². The van der Waals surface area contributed by atoms with Crippen LogP contribution in [0.4, 0.5) is 33.5 Å². The van der Waals surface area contributed by atoms with Crippen LogP contribution in [0, 0.1) is 11.6 Å². The third-order valence-corrected chi connectivity index (χ3v) is 5.61. The first kappa shape index (κ1) is 24.9. The molecule has 3 N–H and O–H groups in total. The fraction of sp³-hybridized carbons (Fsp3) is 0.167. The van der Waals surface area contributed by atoms with Crippen molar-refractivity contribution in [1.82, 2.24) is 19.7 Å². The second kappa shape index (κ2) is 8.97. The maximum Gasteiger partial charge on any atom is 0.573 e. The molecule has 38 heavy (non-hydrogen) atoms. The summed E-state index contributed by atoms with van der Waals surface area (Å²) in [6.45, 7) is 3.72. The number of nitrogens with zero attached hydrogens (tertiary/aromatic N) is 4. The number of amides is 1. The molecule has 5 aromatic rings. The van der Waals surface area contributed by atoms with E-state index in [0.29, 0.717) is 23.2 Å². The van der Waals surface area contributed by atoms with Gasteiger partial charge in [0.25, 0.3) is 5.91 Å². The molecule has 5 rings (SSSR count). The van der Waals surface area contributed by atoms with Gasteiger partial charge in [0, 0.05) is 23.1 Å². The van der Waals surface area contributed by atoms with Crippen molar-refractivity contribution in [2.75, 3.05) is 11.1 Å². The van der Waals surface area contributed by atoms with Crippen LogP contribution in [-0.4, -0.2) is 32.0 Å². The molecule has 0 fully saturated rings. The minimum atomic E-state index is -5.01. The number of carbonyl (C=O) groups is 1. The number of ether oxygens (including phenoxy) is 1. The molecule has 0 saturated carbocycles. The summed E-state index contributed by atoms with van der Waals surface area (Å²) >= 11 is 0. The van der Waals surface area contributed by atoms with E-state index in [0.717, 1.165) is 12.3 Å². The lowest BCUT2D eigenvalue weighted by molar-refractivity contribution is -0.274. The first-order valence-electron chi connectivity index (χ1n) is 11.0. The van der Waals surface area contributed by atoms with Gasteiger partial charge < -0.3 is 20.2 Å². The van der Waals surface area contributed by atoms with Crippen molar-refractivity contribution >= 4 is 39.4 Å². The van der Waals surface area contributed by atoms with Crippen molar-refractivity contribution in [2.45, 2.75) is 26.3 Å². The lowest BCUT2D eigenvalue weighted by Crippen LogP contribution is -2.18. The Morgan fingerprint density at radius 1 is 1.16 bits per heavy atom. The number of nitrogen functional groups attached to an aromatic ring is 1. The number of aromatic nitrogens is 4. The van der Waals surface area contributed by atoms with Crippen LogP contribution in [0.1, 0.15) is 30.2 Å². The molecular weight excluding hydrogens is 515 g/mol. The Morgan fingerprint density at radius 3 is 2.63 bits per heavy atom. The molecule has 0 aliphatic rings. The maximum absolute atomic E-state index is 15.7. The zero-order valence-electron chi connectivity index (χ0n) is 19.6. The van der Waals surface area contributed by atoms with Crippen molar-refractivity contribution in [1.29, 1.82) is 0 Å². The second-order valence-corrected chi connectivity index (χ2v) is 8.44. The molecule has 0 aliphatic heterocycles. The summed E-state index contributed by atoms with van der Waals surface area (Å²) in [5.74, 6) is -3.47. The number of nitrogens with two attached hydrogens (primary N) is 1. The number of anilines is 2. The summed E-state index contributed by atoms with van der Waals surface area (Å²) in [5, 5.41) is 6.98. The minimum absolute atomic E-state index is 0.00718. The van der Waals surface area contributed by atoms with Gasteiger partial charge in [-0.1, -0.05) is 0 Å². The summed E-state index contributed by atoms with van der Waals surface area (Å²) in [6.07, 6.45) is -2.79. The number of halogens is 5. The molecular formula is C24H17F5N6O3. The molecule has 0 atom stereocenters. The molecule has 0 aliphatic carbocycles. The Balaban J connectivity index is 1.53. The Morgan fingerprint density at radius 2 is 1.92 bits per heavy atom. The number of furan rings is 1. The van der Waals surface area contributed by atoms with Gasteiger partial charge in [-0.25, -0.2) is 23.4 Å². The van der Waals surface area contributed by atoms with E-state index in [1.807, 2.05) is 13.8 Å². The van der Waals surface area contributed by atoms with E-state index in [1.165, 1.54) is 18.5 Å². The third kappa shape index (κ3) is 4.33. The van der Waals surface area contributed by atoms with E-state index < -0.39 is 35.3 Å². The number of carbonyl (C=O) groups excluding carboxylic acids is 1. The summed E-state index contributed by atoms with van der Waals surface area (Å²) in [7, 11) is 0. The van der Waals surface area contributed by atoms with Crippen molar-refractivity contribution in [3.63, 3.8) is 0 Å². The average molecular weight is 532 g/mol. The molecule has 0 unspecified atom stereocenters. The monoisotopic (exact) mass is 532 g/mol. The summed E-state index contributed by atoms with van der Waals surface area (Å²) < 4.78 is 78.0. The fourth-order valence-corrected chi connectivity index (χ4v) is 3.95. The second-order valence-electron chi connectivity index (χ2n) is 8.44. The Hall–Kier alpha value is -4.75. The zero-order chi connectivity index (χ0) is 27.4. The first-order valence-corrected chi connectivity index (χ1v) is 11.0. The van der Waals surface area contributed by atoms with E-state index in [9.17, 15) is 22.4 Å². The van der Waals surface area contributed by atoms with Crippen LogP contribution in [-0.2, 0) is 0 Å². The minimum Gasteiger partial charge on any atom is -0.460 e. The van der Waals surface area contributed by atoms with Crippen molar-refractivity contribution in [2.24, 2.45) is 0 Å². The van der Waals surface area contributed by atoms with Crippen molar-refractivity contribution in [3.05, 3.63) is 60.1 Å². The Bertz CT molecular complexity index is 1710. The van der Waals surface area contributed by atoms with E-state index in [-0.39, 0.29) is 39.6 Å². The molecule has 0 bridgehead atoms. The standard InChI is InChI=1S/C24H17F5N6O3/c1-10(2)35-22-17(21(30)31-9-32-22)19(34-35)13-5-4-12-14(8-37-20(12)18(13)26)23(36)33-16-7-11(3-6-15(16)25)38-24(27,28)29/h3-10H,1-2H3,(H,33,36)(H2,30,31,32). The van der Waals surface area contributed by atoms with E-state index in [2.05, 4.69) is 25.1 Å². The van der Waals surface area contributed by atoms with Crippen molar-refractivity contribution < 1.29 is 35.9 Å². The van der Waals surface area contributed by atoms with Gasteiger partial charge in [-0.3, -0.25) is 4.79 Å². The highest BCUT2D eigenvalue weighted by Crippen LogP contribution is 2.37. The number of fused-ring (bicyclic) bond motifs is 2. The van der Waals surface area contributed by atoms with E-state index in [1.54, 1.807) is 4.68 Å². The smallest absolute Gasteiger partial charge is 0.460 e. The largest absolute Gasteiger partial charge is 0.573 e. The Kier molecular flexibility index (Phi) is 5.88. The fourth-order valence-electron chi connectivity index (χ4n) is 3.95. The van der Waals surface area contributed by atoms with Gasteiger partial charge in [0.2, 0.25) is 0 Å². The molecule has 2 aromatic carbocycles. The highest BCUT2D eigenvalue weighted by atomic mass is 19.4. The summed E-state index contributed by atoms with van der Waals surface area (Å²) in [4.78, 5) is 21.0. The van der Waals surface area contributed by atoms with Crippen LogP contribution < -0.4 is 15.8 Å². The lowest BCUT2D eigenvalue weighted by atomic mass is 10.0. The normalized spacial score (nSPS) is 12.0. The predicted octanol–water partition coefficient (Wildman–Crippen LogP) is 5.83. The van der Waals surface area contributed by atoms with E-state index in [4.69, 9.17) is 10.2 Å². The van der Waals surface area contributed by atoms with Crippen molar-refractivity contribution in [3.8, 4) is 17.0 Å². The molecule has 9 nitrogen and oxygen atoms in total. The highest BCUT2D eigenvalue weighted by Gasteiger charge is 2.31. The maximum atomic E-state index is 15.7. The summed E-state index contributed by atoms with van der Waals surface area (Å²) in [6, 6.07) is 4.75. The van der Waals surface area contributed by atoms with Gasteiger partial charge in [0.1, 0.15) is 35.7 Å². The molecule has 14 heteroatoms. The van der Waals surface area contributed by atoms with E-state index >= 15 is 4.39 Å². The quantitative estimate of drug-likeness (QED) is 0.273. The van der Waals surface area contributed by atoms with Crippen LogP contribution >= 0.6 is 0 Å². The molecule has 0 saturated heterocycles. The number of hydrogen-bond acceptors (Lipinski definition) is 7. The topological polar surface area (TPSA) is 121 Å². The number of nitrogens with one attached hydrogen (secondary N) is 1. The average Bonchev–Trinajstić information content (AvgIpc) is 3.44. The number of rotatable bonds is 5. The Labute approximate surface area is 210 Å². The first-order chi connectivity index (χ1) is 17.9. The van der Waals surface area contributed by atoms with Crippen LogP contribution in [0.5, 0.6) is 5.75 Å². The van der Waals surface area contributed by atoms with Crippen LogP contribution in [0.15, 0.2) is 47.3 Å². The van der Waals surface area contributed by atoms with Crippen LogP contribution in [0.2, 0.25) is 0 Å². The summed E-state index contributed by atoms with van der Waals surface area (Å²) in [5.41, 5.74) is 5.55. The van der Waals surface area contributed by atoms with Crippen LogP contribution in [0.25, 0.3) is 33.3 Å². The molecule has 196 valence electrons. The number of hydrogen-bond donors (Lipinski definition) is 2. The molecule has 3 heterocycles. The molecule has 3 aromatic heterocycles. The molecule has 1 amide bonds. The highest BCUT2D eigenvalue weighted by molar-refractivity contribution is 6.13. The lowest BCUT2D eigenvalue weighted by Gasteiger charge is -2.11. The van der Waals surface area contributed by atoms with Gasteiger partial charge in [-0.2, -0.15) is 5.10 Å². The predicted molar refractivity (Wildman–Crippen MR) is 126 cm³/mol. The van der Waals surface area contributed by atoms with Gasteiger partial charge >= 0.3 is 6.36 Å².